The number of amides is 1. The quantitative estimate of drug-likeness (QED) is 0.778. The highest BCUT2D eigenvalue weighted by Crippen LogP contribution is 2.23. The number of nitrogens with one attached hydrogen (secondary N) is 1. The topological polar surface area (TPSA) is 68.5 Å². The summed E-state index contributed by atoms with van der Waals surface area (Å²) in [6.45, 7) is 10.4. The molecular formula is C20H24N4O2. The predicted octanol–water partition coefficient (Wildman–Crippen LogP) is 3.63. The van der Waals surface area contributed by atoms with Gasteiger partial charge in [-0.2, -0.15) is 5.10 Å². The van der Waals surface area contributed by atoms with Crippen molar-refractivity contribution in [2.75, 3.05) is 6.61 Å². The number of carbonyl (C=O) groups excluding carboxylic acids is 1. The second kappa shape index (κ2) is 6.78. The Kier molecular flexibility index (Phi) is 4.68. The maximum absolute atomic E-state index is 12.4. The maximum atomic E-state index is 12.4. The van der Waals surface area contributed by atoms with Gasteiger partial charge >= 0.3 is 0 Å². The molecule has 0 fully saturated rings. The normalized spacial score (nSPS) is 11.6. The fourth-order valence-corrected chi connectivity index (χ4v) is 2.68. The zero-order valence-corrected chi connectivity index (χ0v) is 15.8. The van der Waals surface area contributed by atoms with Gasteiger partial charge in [0.2, 0.25) is 0 Å². The Morgan fingerprint density at radius 1 is 1.19 bits per heavy atom. The van der Waals surface area contributed by atoms with Crippen LogP contribution < -0.4 is 10.1 Å². The van der Waals surface area contributed by atoms with E-state index in [-0.39, 0.29) is 11.4 Å². The summed E-state index contributed by atoms with van der Waals surface area (Å²) in [5, 5.41) is 7.32. The number of ether oxygens (including phenoxy) is 1. The van der Waals surface area contributed by atoms with Crippen LogP contribution in [0.3, 0.4) is 0 Å². The Hall–Kier alpha value is -2.89. The van der Waals surface area contributed by atoms with Crippen LogP contribution in [0.5, 0.6) is 5.75 Å². The van der Waals surface area contributed by atoms with Crippen molar-refractivity contribution in [1.82, 2.24) is 19.9 Å². The van der Waals surface area contributed by atoms with Crippen molar-refractivity contribution >= 4 is 11.6 Å². The molecule has 1 aromatic carbocycles. The van der Waals surface area contributed by atoms with Crippen LogP contribution in [0.1, 0.15) is 43.9 Å². The minimum atomic E-state index is -0.317. The Morgan fingerprint density at radius 3 is 2.50 bits per heavy atom. The lowest BCUT2D eigenvalue weighted by Crippen LogP contribution is -2.40. The maximum Gasteiger partial charge on any atom is 0.272 e. The monoisotopic (exact) mass is 352 g/mol. The van der Waals surface area contributed by atoms with Crippen LogP contribution in [0, 0.1) is 6.92 Å². The third-order valence-electron chi connectivity index (χ3n) is 3.79. The van der Waals surface area contributed by atoms with Gasteiger partial charge in [-0.05, 0) is 65.0 Å². The highest BCUT2D eigenvalue weighted by Gasteiger charge is 2.19. The summed E-state index contributed by atoms with van der Waals surface area (Å²) >= 11 is 0. The number of nitrogens with zero attached hydrogens (tertiary/aromatic N) is 3. The molecule has 0 aliphatic heterocycles. The number of benzene rings is 1. The van der Waals surface area contributed by atoms with Crippen LogP contribution in [0.15, 0.2) is 36.4 Å². The van der Waals surface area contributed by atoms with Crippen LogP contribution in [0.4, 0.5) is 0 Å². The number of fused-ring (bicyclic) bond motifs is 1. The summed E-state index contributed by atoms with van der Waals surface area (Å²) in [5.41, 5.74) is 3.42. The molecule has 3 aromatic rings. The molecule has 0 aliphatic rings. The number of rotatable bonds is 4. The van der Waals surface area contributed by atoms with E-state index in [9.17, 15) is 4.79 Å². The standard InChI is InChI=1S/C20H24N4O2/c1-6-26-15-9-7-14(8-10-15)16-11-13(2)24-18(21-16)12-17(23-24)19(25)22-20(3,4)5/h7-12H,6H2,1-5H3,(H,22,25). The van der Waals surface area contributed by atoms with Gasteiger partial charge in [0.25, 0.3) is 5.91 Å². The van der Waals surface area contributed by atoms with Crippen molar-refractivity contribution in [1.29, 1.82) is 0 Å². The van der Waals surface area contributed by atoms with E-state index >= 15 is 0 Å². The number of hydrogen-bond donors (Lipinski definition) is 1. The fraction of sp³-hybridized carbons (Fsp3) is 0.350. The molecule has 26 heavy (non-hydrogen) atoms. The molecule has 2 aromatic heterocycles. The molecule has 0 atom stereocenters. The van der Waals surface area contributed by atoms with Crippen LogP contribution >= 0.6 is 0 Å². The summed E-state index contributed by atoms with van der Waals surface area (Å²) in [6.07, 6.45) is 0. The molecule has 136 valence electrons. The highest BCUT2D eigenvalue weighted by atomic mass is 16.5. The molecule has 0 saturated carbocycles. The number of hydrogen-bond acceptors (Lipinski definition) is 4. The summed E-state index contributed by atoms with van der Waals surface area (Å²) < 4.78 is 7.17. The Labute approximate surface area is 153 Å². The zero-order valence-electron chi connectivity index (χ0n) is 15.8. The average molecular weight is 352 g/mol. The molecule has 3 rings (SSSR count). The van der Waals surface area contributed by atoms with Gasteiger partial charge in [0, 0.05) is 22.9 Å². The molecule has 6 heteroatoms. The molecule has 0 spiro atoms. The smallest absolute Gasteiger partial charge is 0.272 e. The van der Waals surface area contributed by atoms with Gasteiger partial charge in [0.05, 0.1) is 12.3 Å². The van der Waals surface area contributed by atoms with Gasteiger partial charge in [0.15, 0.2) is 11.3 Å². The Bertz CT molecular complexity index is 937. The van der Waals surface area contributed by atoms with E-state index in [1.54, 1.807) is 10.6 Å². The SMILES string of the molecule is CCOc1ccc(-c2cc(C)n3nc(C(=O)NC(C)(C)C)cc3n2)cc1. The highest BCUT2D eigenvalue weighted by molar-refractivity contribution is 5.93. The first-order valence-electron chi connectivity index (χ1n) is 8.70. The zero-order chi connectivity index (χ0) is 18.9. The van der Waals surface area contributed by atoms with E-state index in [1.807, 2.05) is 65.0 Å². The molecule has 1 N–H and O–H groups in total. The molecular weight excluding hydrogens is 328 g/mol. The lowest BCUT2D eigenvalue weighted by molar-refractivity contribution is 0.0914. The molecule has 0 radical (unpaired) electrons. The second-order valence-corrected chi connectivity index (χ2v) is 7.24. The summed E-state index contributed by atoms with van der Waals surface area (Å²) in [6, 6.07) is 11.5. The van der Waals surface area contributed by atoms with Crippen LogP contribution in [0.25, 0.3) is 16.9 Å². The Balaban J connectivity index is 1.96. The first-order valence-corrected chi connectivity index (χ1v) is 8.70. The molecule has 1 amide bonds. The molecule has 6 nitrogen and oxygen atoms in total. The first kappa shape index (κ1) is 17.9. The second-order valence-electron chi connectivity index (χ2n) is 7.24. The summed E-state index contributed by atoms with van der Waals surface area (Å²) in [4.78, 5) is 17.0. The van der Waals surface area contributed by atoms with E-state index in [0.717, 1.165) is 22.7 Å². The summed E-state index contributed by atoms with van der Waals surface area (Å²) in [5.74, 6) is 0.629. The average Bonchev–Trinajstić information content (AvgIpc) is 2.99. The van der Waals surface area contributed by atoms with Crippen molar-refractivity contribution in [3.05, 3.63) is 47.8 Å². The van der Waals surface area contributed by atoms with E-state index in [1.165, 1.54) is 0 Å². The van der Waals surface area contributed by atoms with Gasteiger partial charge < -0.3 is 10.1 Å². The molecule has 2 heterocycles. The van der Waals surface area contributed by atoms with Gasteiger partial charge in [-0.3, -0.25) is 4.79 Å². The van der Waals surface area contributed by atoms with Crippen molar-refractivity contribution in [2.24, 2.45) is 0 Å². The number of aryl methyl sites for hydroxylation is 1. The number of aromatic nitrogens is 3. The third-order valence-corrected chi connectivity index (χ3v) is 3.79. The van der Waals surface area contributed by atoms with E-state index in [4.69, 9.17) is 4.74 Å². The van der Waals surface area contributed by atoms with E-state index in [0.29, 0.717) is 17.9 Å². The van der Waals surface area contributed by atoms with Gasteiger partial charge in [-0.25, -0.2) is 9.50 Å². The summed E-state index contributed by atoms with van der Waals surface area (Å²) in [7, 11) is 0. The predicted molar refractivity (Wildman–Crippen MR) is 102 cm³/mol. The first-order chi connectivity index (χ1) is 12.3. The van der Waals surface area contributed by atoms with Crippen molar-refractivity contribution < 1.29 is 9.53 Å². The van der Waals surface area contributed by atoms with Crippen molar-refractivity contribution in [3.63, 3.8) is 0 Å². The minimum absolute atomic E-state index is 0.204. The van der Waals surface area contributed by atoms with Crippen molar-refractivity contribution in [3.8, 4) is 17.0 Å². The molecule has 0 unspecified atom stereocenters. The lowest BCUT2D eigenvalue weighted by Gasteiger charge is -2.19. The van der Waals surface area contributed by atoms with E-state index in [2.05, 4.69) is 15.4 Å². The third kappa shape index (κ3) is 3.85. The number of carbonyl (C=O) groups is 1. The lowest BCUT2D eigenvalue weighted by atomic mass is 10.1. The minimum Gasteiger partial charge on any atom is -0.494 e. The van der Waals surface area contributed by atoms with Crippen LogP contribution in [-0.4, -0.2) is 32.7 Å². The van der Waals surface area contributed by atoms with Crippen LogP contribution in [0.2, 0.25) is 0 Å². The molecule has 0 saturated heterocycles. The molecule has 0 aliphatic carbocycles. The van der Waals surface area contributed by atoms with Crippen LogP contribution in [-0.2, 0) is 0 Å². The van der Waals surface area contributed by atoms with Gasteiger partial charge in [-0.15, -0.1) is 0 Å². The van der Waals surface area contributed by atoms with Gasteiger partial charge in [0.1, 0.15) is 5.75 Å². The Morgan fingerprint density at radius 2 is 1.88 bits per heavy atom. The fourth-order valence-electron chi connectivity index (χ4n) is 2.68. The van der Waals surface area contributed by atoms with Crippen molar-refractivity contribution in [2.45, 2.75) is 40.2 Å². The largest absolute Gasteiger partial charge is 0.494 e. The molecule has 0 bridgehead atoms. The van der Waals surface area contributed by atoms with E-state index < -0.39 is 0 Å². The van der Waals surface area contributed by atoms with Gasteiger partial charge in [-0.1, -0.05) is 0 Å².